The zero-order valence-electron chi connectivity index (χ0n) is 9.84. The minimum atomic E-state index is 0.709. The standard InChI is InChI=1S/C12H17Br2NO2/c1-16-8-6-15-5-2-7-17-12-4-3-10(13)9-11(12)14/h3-4,9,15H,2,5-8H2,1H3. The molecule has 0 atom stereocenters. The average molecular weight is 367 g/mol. The molecule has 0 aromatic heterocycles. The van der Waals surface area contributed by atoms with E-state index < -0.39 is 0 Å². The Balaban J connectivity index is 2.14. The maximum absolute atomic E-state index is 5.66. The number of nitrogens with one attached hydrogen (secondary N) is 1. The molecule has 17 heavy (non-hydrogen) atoms. The van der Waals surface area contributed by atoms with Gasteiger partial charge in [0.2, 0.25) is 0 Å². The highest BCUT2D eigenvalue weighted by molar-refractivity contribution is 9.11. The number of methoxy groups -OCH3 is 1. The molecule has 0 bridgehead atoms. The van der Waals surface area contributed by atoms with E-state index in [1.165, 1.54) is 0 Å². The monoisotopic (exact) mass is 365 g/mol. The number of hydrogen-bond donors (Lipinski definition) is 1. The summed E-state index contributed by atoms with van der Waals surface area (Å²) in [5, 5.41) is 3.27. The molecule has 3 nitrogen and oxygen atoms in total. The van der Waals surface area contributed by atoms with Crippen molar-refractivity contribution < 1.29 is 9.47 Å². The summed E-state index contributed by atoms with van der Waals surface area (Å²) in [4.78, 5) is 0. The molecular weight excluding hydrogens is 350 g/mol. The van der Waals surface area contributed by atoms with Crippen LogP contribution >= 0.6 is 31.9 Å². The van der Waals surface area contributed by atoms with E-state index in [1.807, 2.05) is 18.2 Å². The third-order valence-electron chi connectivity index (χ3n) is 2.13. The van der Waals surface area contributed by atoms with Gasteiger partial charge in [-0.05, 0) is 47.1 Å². The van der Waals surface area contributed by atoms with E-state index in [9.17, 15) is 0 Å². The highest BCUT2D eigenvalue weighted by atomic mass is 79.9. The summed E-state index contributed by atoms with van der Waals surface area (Å²) >= 11 is 6.87. The summed E-state index contributed by atoms with van der Waals surface area (Å²) in [7, 11) is 1.70. The number of rotatable bonds is 8. The quantitative estimate of drug-likeness (QED) is 0.716. The Morgan fingerprint density at radius 1 is 1.18 bits per heavy atom. The largest absolute Gasteiger partial charge is 0.492 e. The van der Waals surface area contributed by atoms with Gasteiger partial charge in [-0.25, -0.2) is 0 Å². The van der Waals surface area contributed by atoms with Crippen LogP contribution in [0.25, 0.3) is 0 Å². The molecule has 0 amide bonds. The van der Waals surface area contributed by atoms with Gasteiger partial charge in [0.05, 0.1) is 17.7 Å². The molecule has 0 unspecified atom stereocenters. The predicted octanol–water partition coefficient (Wildman–Crippen LogP) is 3.22. The lowest BCUT2D eigenvalue weighted by atomic mass is 10.3. The Morgan fingerprint density at radius 3 is 2.71 bits per heavy atom. The van der Waals surface area contributed by atoms with Crippen molar-refractivity contribution in [2.24, 2.45) is 0 Å². The van der Waals surface area contributed by atoms with Crippen molar-refractivity contribution in [3.63, 3.8) is 0 Å². The molecule has 0 aliphatic carbocycles. The maximum atomic E-state index is 5.66. The lowest BCUT2D eigenvalue weighted by Crippen LogP contribution is -2.21. The van der Waals surface area contributed by atoms with Crippen LogP contribution in [0.2, 0.25) is 0 Å². The van der Waals surface area contributed by atoms with E-state index in [4.69, 9.17) is 9.47 Å². The highest BCUT2D eigenvalue weighted by Gasteiger charge is 2.00. The van der Waals surface area contributed by atoms with E-state index in [-0.39, 0.29) is 0 Å². The summed E-state index contributed by atoms with van der Waals surface area (Å²) in [6, 6.07) is 5.90. The van der Waals surface area contributed by atoms with E-state index in [0.29, 0.717) is 6.61 Å². The van der Waals surface area contributed by atoms with Gasteiger partial charge in [-0.1, -0.05) is 15.9 Å². The molecular formula is C12H17Br2NO2. The van der Waals surface area contributed by atoms with Crippen LogP contribution in [-0.2, 0) is 4.74 Å². The first-order chi connectivity index (χ1) is 8.24. The third kappa shape index (κ3) is 6.41. The van der Waals surface area contributed by atoms with Gasteiger partial charge >= 0.3 is 0 Å². The highest BCUT2D eigenvalue weighted by Crippen LogP contribution is 2.28. The summed E-state index contributed by atoms with van der Waals surface area (Å²) in [5.74, 6) is 0.880. The van der Waals surface area contributed by atoms with E-state index in [2.05, 4.69) is 37.2 Å². The predicted molar refractivity (Wildman–Crippen MR) is 76.7 cm³/mol. The Morgan fingerprint density at radius 2 is 2.00 bits per heavy atom. The van der Waals surface area contributed by atoms with Crippen LogP contribution in [0.4, 0.5) is 0 Å². The van der Waals surface area contributed by atoms with Crippen LogP contribution in [-0.4, -0.2) is 33.4 Å². The van der Waals surface area contributed by atoms with Crippen LogP contribution in [0.5, 0.6) is 5.75 Å². The molecule has 0 aliphatic rings. The smallest absolute Gasteiger partial charge is 0.133 e. The van der Waals surface area contributed by atoms with Crippen molar-refractivity contribution >= 4 is 31.9 Å². The van der Waals surface area contributed by atoms with Crippen LogP contribution in [0.15, 0.2) is 27.1 Å². The van der Waals surface area contributed by atoms with Crippen molar-refractivity contribution in [2.45, 2.75) is 6.42 Å². The van der Waals surface area contributed by atoms with Crippen molar-refractivity contribution in [1.82, 2.24) is 5.32 Å². The number of hydrogen-bond acceptors (Lipinski definition) is 3. The fourth-order valence-electron chi connectivity index (χ4n) is 1.27. The van der Waals surface area contributed by atoms with Gasteiger partial charge in [0.1, 0.15) is 5.75 Å². The van der Waals surface area contributed by atoms with E-state index in [0.717, 1.165) is 40.8 Å². The topological polar surface area (TPSA) is 30.5 Å². The fraction of sp³-hybridized carbons (Fsp3) is 0.500. The normalized spacial score (nSPS) is 10.5. The van der Waals surface area contributed by atoms with Crippen molar-refractivity contribution in [1.29, 1.82) is 0 Å². The molecule has 0 aliphatic heterocycles. The van der Waals surface area contributed by atoms with Crippen molar-refractivity contribution in [2.75, 3.05) is 33.4 Å². The molecule has 0 saturated carbocycles. The maximum Gasteiger partial charge on any atom is 0.133 e. The summed E-state index contributed by atoms with van der Waals surface area (Å²) in [5.41, 5.74) is 0. The molecule has 5 heteroatoms. The molecule has 96 valence electrons. The molecule has 1 aromatic rings. The second-order valence-corrected chi connectivity index (χ2v) is 5.29. The van der Waals surface area contributed by atoms with Crippen LogP contribution < -0.4 is 10.1 Å². The lowest BCUT2D eigenvalue weighted by Gasteiger charge is -2.09. The van der Waals surface area contributed by atoms with E-state index >= 15 is 0 Å². The van der Waals surface area contributed by atoms with Crippen LogP contribution in [0.1, 0.15) is 6.42 Å². The van der Waals surface area contributed by atoms with Gasteiger partial charge in [0.25, 0.3) is 0 Å². The number of ether oxygens (including phenoxy) is 2. The van der Waals surface area contributed by atoms with Gasteiger partial charge in [0, 0.05) is 18.1 Å². The lowest BCUT2D eigenvalue weighted by molar-refractivity contribution is 0.198. The van der Waals surface area contributed by atoms with Gasteiger partial charge in [-0.15, -0.1) is 0 Å². The Bertz CT molecular complexity index is 334. The fourth-order valence-corrected chi connectivity index (χ4v) is 2.43. The molecule has 1 rings (SSSR count). The third-order valence-corrected chi connectivity index (χ3v) is 3.25. The zero-order valence-corrected chi connectivity index (χ0v) is 13.0. The Kier molecular flexibility index (Phi) is 7.84. The number of benzene rings is 1. The molecule has 0 fully saturated rings. The summed E-state index contributed by atoms with van der Waals surface area (Å²) in [6.45, 7) is 3.29. The van der Waals surface area contributed by atoms with Gasteiger partial charge < -0.3 is 14.8 Å². The first-order valence-corrected chi connectivity index (χ1v) is 7.10. The molecule has 0 spiro atoms. The summed E-state index contributed by atoms with van der Waals surface area (Å²) < 4.78 is 12.6. The average Bonchev–Trinajstić information content (AvgIpc) is 2.30. The SMILES string of the molecule is COCCNCCCOc1ccc(Br)cc1Br. The van der Waals surface area contributed by atoms with Crippen LogP contribution in [0, 0.1) is 0 Å². The minimum Gasteiger partial charge on any atom is -0.492 e. The first kappa shape index (κ1) is 15.0. The zero-order chi connectivity index (χ0) is 12.5. The van der Waals surface area contributed by atoms with Crippen LogP contribution in [0.3, 0.4) is 0 Å². The minimum absolute atomic E-state index is 0.709. The van der Waals surface area contributed by atoms with E-state index in [1.54, 1.807) is 7.11 Å². The van der Waals surface area contributed by atoms with Crippen molar-refractivity contribution in [3.05, 3.63) is 27.1 Å². The second kappa shape index (κ2) is 8.91. The molecule has 0 saturated heterocycles. The second-order valence-electron chi connectivity index (χ2n) is 3.52. The Hall–Kier alpha value is -0.100. The first-order valence-electron chi connectivity index (χ1n) is 5.51. The Labute approximate surface area is 119 Å². The van der Waals surface area contributed by atoms with Crippen molar-refractivity contribution in [3.8, 4) is 5.75 Å². The van der Waals surface area contributed by atoms with Gasteiger partial charge in [0.15, 0.2) is 0 Å². The molecule has 0 radical (unpaired) electrons. The molecule has 1 aromatic carbocycles. The number of halogens is 2. The molecule has 0 heterocycles. The van der Waals surface area contributed by atoms with Gasteiger partial charge in [-0.3, -0.25) is 0 Å². The van der Waals surface area contributed by atoms with Gasteiger partial charge in [-0.2, -0.15) is 0 Å². The summed E-state index contributed by atoms with van der Waals surface area (Å²) in [6.07, 6.45) is 0.978. The molecule has 1 N–H and O–H groups in total.